The lowest BCUT2D eigenvalue weighted by Gasteiger charge is -2.12. The highest BCUT2D eigenvalue weighted by atomic mass is 16.1. The van der Waals surface area contributed by atoms with Crippen molar-refractivity contribution in [2.75, 3.05) is 0 Å². The Balaban J connectivity index is 2.86. The fourth-order valence-corrected chi connectivity index (χ4v) is 1.08. The third-order valence-corrected chi connectivity index (χ3v) is 1.99. The first-order valence-corrected chi connectivity index (χ1v) is 4.13. The molecule has 0 radical (unpaired) electrons. The Kier molecular flexibility index (Phi) is 2.98. The lowest BCUT2D eigenvalue weighted by molar-refractivity contribution is -0.113. The molecule has 1 aromatic carbocycles. The maximum atomic E-state index is 11.0. The maximum absolute atomic E-state index is 11.0. The van der Waals surface area contributed by atoms with Crippen LogP contribution in [-0.4, -0.2) is 5.78 Å². The summed E-state index contributed by atoms with van der Waals surface area (Å²) in [5.41, 5.74) is 7.19. The second-order valence-electron chi connectivity index (χ2n) is 2.97. The van der Waals surface area contributed by atoms with E-state index in [1.807, 2.05) is 30.3 Å². The fraction of sp³-hybridized carbons (Fsp3) is 0.182. The van der Waals surface area contributed by atoms with E-state index in [1.165, 1.54) is 6.92 Å². The van der Waals surface area contributed by atoms with Gasteiger partial charge in [0.25, 0.3) is 0 Å². The molecule has 0 saturated carbocycles. The lowest BCUT2D eigenvalue weighted by atomic mass is 9.99. The van der Waals surface area contributed by atoms with E-state index in [4.69, 9.17) is 5.73 Å². The van der Waals surface area contributed by atoms with Crippen molar-refractivity contribution in [1.29, 1.82) is 0 Å². The van der Waals surface area contributed by atoms with Crippen LogP contribution in [0.4, 0.5) is 0 Å². The number of hydrogen-bond donors (Lipinski definition) is 1. The average molecular weight is 175 g/mol. The van der Waals surface area contributed by atoms with Crippen LogP contribution in [0, 0.1) is 0 Å². The van der Waals surface area contributed by atoms with Gasteiger partial charge in [0.05, 0.1) is 6.04 Å². The van der Waals surface area contributed by atoms with Gasteiger partial charge in [0, 0.05) is 5.57 Å². The predicted octanol–water partition coefficient (Wildman–Crippen LogP) is 1.83. The molecule has 13 heavy (non-hydrogen) atoms. The van der Waals surface area contributed by atoms with Crippen molar-refractivity contribution in [3.63, 3.8) is 0 Å². The van der Waals surface area contributed by atoms with Crippen molar-refractivity contribution < 1.29 is 4.79 Å². The Bertz CT molecular complexity index is 316. The first-order valence-electron chi connectivity index (χ1n) is 4.13. The predicted molar refractivity (Wildman–Crippen MR) is 53.2 cm³/mol. The molecule has 68 valence electrons. The van der Waals surface area contributed by atoms with Crippen molar-refractivity contribution >= 4 is 5.78 Å². The summed E-state index contributed by atoms with van der Waals surface area (Å²) in [7, 11) is 0. The van der Waals surface area contributed by atoms with Crippen LogP contribution < -0.4 is 5.73 Å². The van der Waals surface area contributed by atoms with Crippen LogP contribution in [0.1, 0.15) is 18.5 Å². The number of rotatable bonds is 3. The zero-order chi connectivity index (χ0) is 9.84. The first kappa shape index (κ1) is 9.68. The molecule has 0 aliphatic carbocycles. The van der Waals surface area contributed by atoms with E-state index < -0.39 is 0 Å². The highest BCUT2D eigenvalue weighted by Crippen LogP contribution is 2.17. The second kappa shape index (κ2) is 4.01. The van der Waals surface area contributed by atoms with Gasteiger partial charge in [-0.3, -0.25) is 4.79 Å². The minimum atomic E-state index is -0.376. The van der Waals surface area contributed by atoms with Crippen molar-refractivity contribution in [1.82, 2.24) is 0 Å². The molecule has 0 heterocycles. The third kappa shape index (κ3) is 2.26. The zero-order valence-corrected chi connectivity index (χ0v) is 7.66. The van der Waals surface area contributed by atoms with Gasteiger partial charge in [0.1, 0.15) is 0 Å². The molecular formula is C11H13NO. The number of carbonyl (C=O) groups excluding carboxylic acids is 1. The van der Waals surface area contributed by atoms with Gasteiger partial charge in [-0.15, -0.1) is 0 Å². The minimum absolute atomic E-state index is 0.0589. The van der Waals surface area contributed by atoms with E-state index >= 15 is 0 Å². The Labute approximate surface area is 78.1 Å². The van der Waals surface area contributed by atoms with Gasteiger partial charge in [-0.25, -0.2) is 0 Å². The standard InChI is InChI=1S/C11H13NO/c1-8(9(2)13)11(12)10-6-4-3-5-7-10/h3-7,11H,1,12H2,2H3. The van der Waals surface area contributed by atoms with Crippen LogP contribution in [0.2, 0.25) is 0 Å². The second-order valence-corrected chi connectivity index (χ2v) is 2.97. The molecule has 0 bridgehead atoms. The third-order valence-electron chi connectivity index (χ3n) is 1.99. The summed E-state index contributed by atoms with van der Waals surface area (Å²) in [6.45, 7) is 5.13. The zero-order valence-electron chi connectivity index (χ0n) is 7.66. The molecule has 2 heteroatoms. The molecule has 0 saturated heterocycles. The van der Waals surface area contributed by atoms with E-state index in [0.29, 0.717) is 5.57 Å². The molecule has 0 fully saturated rings. The molecule has 0 amide bonds. The van der Waals surface area contributed by atoms with Crippen LogP contribution in [0.3, 0.4) is 0 Å². The Morgan fingerprint density at radius 1 is 1.38 bits per heavy atom. The van der Waals surface area contributed by atoms with Crippen molar-refractivity contribution in [2.24, 2.45) is 5.73 Å². The quantitative estimate of drug-likeness (QED) is 0.712. The highest BCUT2D eigenvalue weighted by Gasteiger charge is 2.12. The SMILES string of the molecule is C=C(C(C)=O)C(N)c1ccccc1. The van der Waals surface area contributed by atoms with E-state index in [2.05, 4.69) is 6.58 Å². The van der Waals surface area contributed by atoms with Gasteiger partial charge in [-0.1, -0.05) is 36.9 Å². The molecule has 1 aromatic rings. The largest absolute Gasteiger partial charge is 0.320 e. The Morgan fingerprint density at radius 2 is 1.92 bits per heavy atom. The van der Waals surface area contributed by atoms with Crippen LogP contribution in [0.15, 0.2) is 42.5 Å². The molecule has 2 nitrogen and oxygen atoms in total. The summed E-state index contributed by atoms with van der Waals surface area (Å²) >= 11 is 0. The minimum Gasteiger partial charge on any atom is -0.320 e. The molecule has 0 aliphatic rings. The van der Waals surface area contributed by atoms with Crippen molar-refractivity contribution in [3.05, 3.63) is 48.0 Å². The smallest absolute Gasteiger partial charge is 0.157 e. The summed E-state index contributed by atoms with van der Waals surface area (Å²) in [4.78, 5) is 11.0. The topological polar surface area (TPSA) is 43.1 Å². The normalized spacial score (nSPS) is 12.2. The van der Waals surface area contributed by atoms with Gasteiger partial charge in [0.2, 0.25) is 0 Å². The Morgan fingerprint density at radius 3 is 2.38 bits per heavy atom. The average Bonchev–Trinajstić information content (AvgIpc) is 2.17. The van der Waals surface area contributed by atoms with Crippen LogP contribution in [-0.2, 0) is 4.79 Å². The van der Waals surface area contributed by atoms with E-state index in [9.17, 15) is 4.79 Å². The van der Waals surface area contributed by atoms with Crippen LogP contribution in [0.25, 0.3) is 0 Å². The van der Waals surface area contributed by atoms with Crippen LogP contribution in [0.5, 0.6) is 0 Å². The number of Topliss-reactive ketones (excluding diaryl/α,β-unsaturated/α-hetero) is 1. The highest BCUT2D eigenvalue weighted by molar-refractivity contribution is 5.93. The van der Waals surface area contributed by atoms with Gasteiger partial charge in [-0.2, -0.15) is 0 Å². The van der Waals surface area contributed by atoms with Crippen LogP contribution >= 0.6 is 0 Å². The summed E-state index contributed by atoms with van der Waals surface area (Å²) in [6.07, 6.45) is 0. The van der Waals surface area contributed by atoms with Gasteiger partial charge in [-0.05, 0) is 12.5 Å². The number of benzene rings is 1. The monoisotopic (exact) mass is 175 g/mol. The van der Waals surface area contributed by atoms with Crippen molar-refractivity contribution in [3.8, 4) is 0 Å². The summed E-state index contributed by atoms with van der Waals surface area (Å²) in [5, 5.41) is 0. The molecule has 1 rings (SSSR count). The summed E-state index contributed by atoms with van der Waals surface area (Å²) in [5.74, 6) is -0.0589. The Hall–Kier alpha value is -1.41. The summed E-state index contributed by atoms with van der Waals surface area (Å²) < 4.78 is 0. The molecule has 1 unspecified atom stereocenters. The van der Waals surface area contributed by atoms with Crippen molar-refractivity contribution in [2.45, 2.75) is 13.0 Å². The summed E-state index contributed by atoms with van der Waals surface area (Å²) in [6, 6.07) is 9.09. The van der Waals surface area contributed by atoms with Gasteiger partial charge >= 0.3 is 0 Å². The number of hydrogen-bond acceptors (Lipinski definition) is 2. The molecule has 0 aromatic heterocycles. The number of nitrogens with two attached hydrogens (primary N) is 1. The molecule has 2 N–H and O–H groups in total. The van der Waals surface area contributed by atoms with E-state index in [1.54, 1.807) is 0 Å². The first-order chi connectivity index (χ1) is 6.13. The van der Waals surface area contributed by atoms with Gasteiger partial charge < -0.3 is 5.73 Å². The fourth-order valence-electron chi connectivity index (χ4n) is 1.08. The molecule has 1 atom stereocenters. The maximum Gasteiger partial charge on any atom is 0.157 e. The number of ketones is 1. The molecule has 0 aliphatic heterocycles. The lowest BCUT2D eigenvalue weighted by Crippen LogP contribution is -2.16. The molecular weight excluding hydrogens is 162 g/mol. The number of carbonyl (C=O) groups is 1. The van der Waals surface area contributed by atoms with E-state index in [0.717, 1.165) is 5.56 Å². The molecule has 0 spiro atoms. The van der Waals surface area contributed by atoms with E-state index in [-0.39, 0.29) is 11.8 Å². The van der Waals surface area contributed by atoms with Gasteiger partial charge in [0.15, 0.2) is 5.78 Å².